The number of amides is 2. The van der Waals surface area contributed by atoms with E-state index in [0.29, 0.717) is 29.6 Å². The number of hydrogen-bond donors (Lipinski definition) is 1. The molecular formula is C22H30N2O4. The molecule has 0 bridgehead atoms. The van der Waals surface area contributed by atoms with E-state index in [1.54, 1.807) is 18.2 Å². The van der Waals surface area contributed by atoms with Crippen molar-refractivity contribution in [1.29, 1.82) is 0 Å². The average molecular weight is 386 g/mol. The molecule has 0 radical (unpaired) electrons. The molecule has 4 atom stereocenters. The molecule has 6 nitrogen and oxygen atoms in total. The number of carbonyl (C=O) groups is 3. The molecule has 1 saturated heterocycles. The lowest BCUT2D eigenvalue weighted by atomic mass is 9.77. The SMILES string of the molecule is COC(=O)c1ccc(C)c(NC(=O)[C@H]2CC(=O)N([C@@H]3CCC[C@@H](C)[C@@H]3C)C2)c1. The van der Waals surface area contributed by atoms with Gasteiger partial charge in [0.25, 0.3) is 0 Å². The third-order valence-electron chi connectivity index (χ3n) is 6.51. The van der Waals surface area contributed by atoms with Gasteiger partial charge in [-0.2, -0.15) is 0 Å². The highest BCUT2D eigenvalue weighted by atomic mass is 16.5. The molecule has 28 heavy (non-hydrogen) atoms. The number of rotatable bonds is 4. The minimum atomic E-state index is -0.446. The van der Waals surface area contributed by atoms with Crippen LogP contribution >= 0.6 is 0 Å². The maximum absolute atomic E-state index is 12.8. The fourth-order valence-corrected chi connectivity index (χ4v) is 4.46. The standard InChI is InChI=1S/C22H30N2O4/c1-13-6-5-7-19(15(13)3)24-12-17(11-20(24)25)21(26)23-18-10-16(22(27)28-4)9-8-14(18)2/h8-10,13,15,17,19H,5-7,11-12H2,1-4H3,(H,23,26)/t13-,15+,17+,19-/m1/s1. The van der Waals surface area contributed by atoms with Crippen LogP contribution in [-0.4, -0.2) is 42.4 Å². The Kier molecular flexibility index (Phi) is 6.06. The normalized spacial score (nSPS) is 27.6. The first-order chi connectivity index (χ1) is 13.3. The smallest absolute Gasteiger partial charge is 0.337 e. The van der Waals surface area contributed by atoms with Crippen molar-refractivity contribution in [1.82, 2.24) is 4.90 Å². The van der Waals surface area contributed by atoms with Crippen LogP contribution in [0.1, 0.15) is 55.5 Å². The van der Waals surface area contributed by atoms with Crippen molar-refractivity contribution in [3.8, 4) is 0 Å². The first-order valence-corrected chi connectivity index (χ1v) is 10.1. The van der Waals surface area contributed by atoms with Crippen LogP contribution in [0.2, 0.25) is 0 Å². The van der Waals surface area contributed by atoms with E-state index in [2.05, 4.69) is 19.2 Å². The maximum Gasteiger partial charge on any atom is 0.337 e. The largest absolute Gasteiger partial charge is 0.465 e. The lowest BCUT2D eigenvalue weighted by Crippen LogP contribution is -2.45. The lowest BCUT2D eigenvalue weighted by molar-refractivity contribution is -0.131. The highest BCUT2D eigenvalue weighted by Gasteiger charge is 2.41. The summed E-state index contributed by atoms with van der Waals surface area (Å²) in [5, 5.41) is 2.91. The van der Waals surface area contributed by atoms with Crippen LogP contribution in [0.4, 0.5) is 5.69 Å². The minimum absolute atomic E-state index is 0.0751. The van der Waals surface area contributed by atoms with Crippen molar-refractivity contribution in [2.45, 2.75) is 52.5 Å². The molecule has 2 fully saturated rings. The summed E-state index contributed by atoms with van der Waals surface area (Å²) >= 11 is 0. The maximum atomic E-state index is 12.8. The number of benzene rings is 1. The number of likely N-dealkylation sites (tertiary alicyclic amines) is 1. The predicted octanol–water partition coefficient (Wildman–Crippen LogP) is 3.39. The molecule has 6 heteroatoms. The average Bonchev–Trinajstić information content (AvgIpc) is 3.06. The number of ether oxygens (including phenoxy) is 1. The van der Waals surface area contributed by atoms with Crippen LogP contribution in [0, 0.1) is 24.7 Å². The van der Waals surface area contributed by atoms with E-state index in [4.69, 9.17) is 4.74 Å². The molecule has 152 valence electrons. The number of carbonyl (C=O) groups excluding carboxylic acids is 3. The first kappa shape index (κ1) is 20.4. The molecule has 1 N–H and O–H groups in total. The molecule has 3 rings (SSSR count). The monoisotopic (exact) mass is 386 g/mol. The van der Waals surface area contributed by atoms with Crippen molar-refractivity contribution in [3.05, 3.63) is 29.3 Å². The number of nitrogens with zero attached hydrogens (tertiary/aromatic N) is 1. The van der Waals surface area contributed by atoms with Crippen molar-refractivity contribution >= 4 is 23.5 Å². The number of hydrogen-bond acceptors (Lipinski definition) is 4. The molecule has 2 amide bonds. The molecule has 1 aliphatic carbocycles. The van der Waals surface area contributed by atoms with Crippen molar-refractivity contribution < 1.29 is 19.1 Å². The van der Waals surface area contributed by atoms with Gasteiger partial charge in [0.1, 0.15) is 0 Å². The summed E-state index contributed by atoms with van der Waals surface area (Å²) in [6.07, 6.45) is 3.61. The van der Waals surface area contributed by atoms with E-state index >= 15 is 0 Å². The highest BCUT2D eigenvalue weighted by molar-refractivity contribution is 5.99. The zero-order valence-electron chi connectivity index (χ0n) is 17.2. The van der Waals surface area contributed by atoms with Crippen LogP contribution < -0.4 is 5.32 Å². The van der Waals surface area contributed by atoms with E-state index in [9.17, 15) is 14.4 Å². The molecular weight excluding hydrogens is 356 g/mol. The van der Waals surface area contributed by atoms with Gasteiger partial charge >= 0.3 is 5.97 Å². The highest BCUT2D eigenvalue weighted by Crippen LogP contribution is 2.36. The van der Waals surface area contributed by atoms with Crippen molar-refractivity contribution in [3.63, 3.8) is 0 Å². The molecule has 0 unspecified atom stereocenters. The predicted molar refractivity (Wildman–Crippen MR) is 107 cm³/mol. The zero-order valence-corrected chi connectivity index (χ0v) is 17.2. The fraction of sp³-hybridized carbons (Fsp3) is 0.591. The Bertz CT molecular complexity index is 776. The Morgan fingerprint density at radius 2 is 1.96 bits per heavy atom. The molecule has 2 aliphatic rings. The molecule has 1 aromatic carbocycles. The van der Waals surface area contributed by atoms with Gasteiger partial charge in [0.15, 0.2) is 0 Å². The van der Waals surface area contributed by atoms with E-state index in [-0.39, 0.29) is 30.2 Å². The van der Waals surface area contributed by atoms with Gasteiger partial charge in [-0.1, -0.05) is 32.8 Å². The Balaban J connectivity index is 1.69. The Morgan fingerprint density at radius 3 is 2.68 bits per heavy atom. The Labute approximate surface area is 166 Å². The zero-order chi connectivity index (χ0) is 20.4. The third-order valence-corrected chi connectivity index (χ3v) is 6.51. The molecule has 1 saturated carbocycles. The summed E-state index contributed by atoms with van der Waals surface area (Å²) in [4.78, 5) is 39.1. The van der Waals surface area contributed by atoms with Crippen molar-refractivity contribution in [2.24, 2.45) is 17.8 Å². The minimum Gasteiger partial charge on any atom is -0.465 e. The fourth-order valence-electron chi connectivity index (χ4n) is 4.46. The van der Waals surface area contributed by atoms with Gasteiger partial charge in [-0.15, -0.1) is 0 Å². The first-order valence-electron chi connectivity index (χ1n) is 10.1. The topological polar surface area (TPSA) is 75.7 Å². The van der Waals surface area contributed by atoms with Gasteiger partial charge < -0.3 is 15.0 Å². The van der Waals surface area contributed by atoms with E-state index in [0.717, 1.165) is 18.4 Å². The van der Waals surface area contributed by atoms with Gasteiger partial charge in [0, 0.05) is 24.7 Å². The molecule has 0 aromatic heterocycles. The number of anilines is 1. The second-order valence-electron chi connectivity index (χ2n) is 8.29. The van der Waals surface area contributed by atoms with Crippen LogP contribution in [0.15, 0.2) is 18.2 Å². The number of nitrogens with one attached hydrogen (secondary N) is 1. The third kappa shape index (κ3) is 4.05. The van der Waals surface area contributed by atoms with Gasteiger partial charge in [-0.25, -0.2) is 4.79 Å². The molecule has 1 heterocycles. The number of esters is 1. The lowest BCUT2D eigenvalue weighted by Gasteiger charge is -2.40. The van der Waals surface area contributed by atoms with E-state index < -0.39 is 5.97 Å². The van der Waals surface area contributed by atoms with Crippen LogP contribution in [0.5, 0.6) is 0 Å². The van der Waals surface area contributed by atoms with Gasteiger partial charge in [-0.3, -0.25) is 9.59 Å². The second-order valence-corrected chi connectivity index (χ2v) is 8.29. The van der Waals surface area contributed by atoms with Crippen LogP contribution in [0.3, 0.4) is 0 Å². The summed E-state index contributed by atoms with van der Waals surface area (Å²) in [7, 11) is 1.33. The van der Waals surface area contributed by atoms with Gasteiger partial charge in [-0.05, 0) is 42.9 Å². The summed E-state index contributed by atoms with van der Waals surface area (Å²) in [6.45, 7) is 6.81. The Morgan fingerprint density at radius 1 is 1.21 bits per heavy atom. The summed E-state index contributed by atoms with van der Waals surface area (Å²) in [6, 6.07) is 5.30. The van der Waals surface area contributed by atoms with E-state index in [1.807, 2.05) is 11.8 Å². The van der Waals surface area contributed by atoms with Crippen molar-refractivity contribution in [2.75, 3.05) is 19.0 Å². The number of methoxy groups -OCH3 is 1. The number of aryl methyl sites for hydroxylation is 1. The van der Waals surface area contributed by atoms with Gasteiger partial charge in [0.05, 0.1) is 18.6 Å². The molecule has 0 spiro atoms. The Hall–Kier alpha value is -2.37. The van der Waals surface area contributed by atoms with Crippen LogP contribution in [-0.2, 0) is 14.3 Å². The molecule has 1 aliphatic heterocycles. The summed E-state index contributed by atoms with van der Waals surface area (Å²) in [5.74, 6) is 0.154. The quantitative estimate of drug-likeness (QED) is 0.805. The van der Waals surface area contributed by atoms with E-state index in [1.165, 1.54) is 13.5 Å². The molecule has 1 aromatic rings. The van der Waals surface area contributed by atoms with Crippen LogP contribution in [0.25, 0.3) is 0 Å². The second kappa shape index (κ2) is 8.33. The summed E-state index contributed by atoms with van der Waals surface area (Å²) in [5.41, 5.74) is 1.83. The summed E-state index contributed by atoms with van der Waals surface area (Å²) < 4.78 is 4.75. The van der Waals surface area contributed by atoms with Gasteiger partial charge in [0.2, 0.25) is 11.8 Å².